The van der Waals surface area contributed by atoms with Crippen LogP contribution in [-0.2, 0) is 0 Å². The minimum absolute atomic E-state index is 0.572. The highest BCUT2D eigenvalue weighted by atomic mass is 16.5. The first-order chi connectivity index (χ1) is 7.63. The van der Waals surface area contributed by atoms with Crippen molar-refractivity contribution < 1.29 is 4.74 Å². The van der Waals surface area contributed by atoms with Crippen LogP contribution in [0.2, 0.25) is 0 Å². The summed E-state index contributed by atoms with van der Waals surface area (Å²) in [7, 11) is 2.00. The fourth-order valence-corrected chi connectivity index (χ4v) is 1.68. The van der Waals surface area contributed by atoms with E-state index in [1.807, 2.05) is 7.05 Å². The van der Waals surface area contributed by atoms with Gasteiger partial charge >= 0.3 is 0 Å². The molecule has 1 rings (SSSR count). The second kappa shape index (κ2) is 6.54. The van der Waals surface area contributed by atoms with Crippen molar-refractivity contribution in [1.29, 1.82) is 0 Å². The molecule has 0 saturated heterocycles. The van der Waals surface area contributed by atoms with Crippen molar-refractivity contribution in [2.45, 2.75) is 39.7 Å². The van der Waals surface area contributed by atoms with Crippen LogP contribution < -0.4 is 10.1 Å². The lowest BCUT2D eigenvalue weighted by Crippen LogP contribution is -2.21. The predicted octanol–water partition coefficient (Wildman–Crippen LogP) is 3.07. The van der Waals surface area contributed by atoms with Crippen molar-refractivity contribution in [3.63, 3.8) is 0 Å². The fraction of sp³-hybridized carbons (Fsp3) is 0.571. The molecule has 0 radical (unpaired) electrons. The Kier molecular flexibility index (Phi) is 5.33. The van der Waals surface area contributed by atoms with E-state index < -0.39 is 0 Å². The molecule has 0 spiro atoms. The molecule has 0 aliphatic carbocycles. The van der Waals surface area contributed by atoms with Crippen LogP contribution in [0.5, 0.6) is 5.75 Å². The summed E-state index contributed by atoms with van der Waals surface area (Å²) in [5.74, 6) is 1.02. The standard InChI is InChI=1S/C14H23NO/c1-11-7-8-14(12(2)10-11)16-9-5-6-13(3)15-4/h7-8,10,13,15H,5-6,9H2,1-4H3. The molecule has 0 aliphatic rings. The molecule has 0 amide bonds. The molecule has 1 N–H and O–H groups in total. The molecule has 0 heterocycles. The van der Waals surface area contributed by atoms with E-state index in [-0.39, 0.29) is 0 Å². The van der Waals surface area contributed by atoms with Crippen LogP contribution >= 0.6 is 0 Å². The van der Waals surface area contributed by atoms with Gasteiger partial charge in [0.15, 0.2) is 0 Å². The van der Waals surface area contributed by atoms with E-state index in [9.17, 15) is 0 Å². The summed E-state index contributed by atoms with van der Waals surface area (Å²) in [5, 5.41) is 3.23. The van der Waals surface area contributed by atoms with Gasteiger partial charge in [0.1, 0.15) is 5.75 Å². The number of nitrogens with one attached hydrogen (secondary N) is 1. The summed E-state index contributed by atoms with van der Waals surface area (Å²) < 4.78 is 5.76. The zero-order valence-corrected chi connectivity index (χ0v) is 10.8. The molecule has 0 aromatic heterocycles. The Hall–Kier alpha value is -1.02. The highest BCUT2D eigenvalue weighted by Gasteiger charge is 2.01. The van der Waals surface area contributed by atoms with Gasteiger partial charge in [-0.3, -0.25) is 0 Å². The van der Waals surface area contributed by atoms with Crippen LogP contribution in [0.15, 0.2) is 18.2 Å². The van der Waals surface area contributed by atoms with Crippen molar-refractivity contribution in [1.82, 2.24) is 5.32 Å². The van der Waals surface area contributed by atoms with Crippen LogP contribution in [0.25, 0.3) is 0 Å². The van der Waals surface area contributed by atoms with Gasteiger partial charge in [-0.1, -0.05) is 17.7 Å². The molecule has 1 aromatic rings. The average Bonchev–Trinajstić information content (AvgIpc) is 2.26. The number of ether oxygens (including phenoxy) is 1. The first-order valence-electron chi connectivity index (χ1n) is 6.01. The number of aryl methyl sites for hydroxylation is 2. The van der Waals surface area contributed by atoms with E-state index >= 15 is 0 Å². The third-order valence-corrected chi connectivity index (χ3v) is 2.86. The zero-order chi connectivity index (χ0) is 12.0. The van der Waals surface area contributed by atoms with Crippen molar-refractivity contribution in [2.75, 3.05) is 13.7 Å². The van der Waals surface area contributed by atoms with Crippen LogP contribution in [0, 0.1) is 13.8 Å². The van der Waals surface area contributed by atoms with Crippen LogP contribution in [0.3, 0.4) is 0 Å². The first-order valence-corrected chi connectivity index (χ1v) is 6.01. The predicted molar refractivity (Wildman–Crippen MR) is 69.2 cm³/mol. The van der Waals surface area contributed by atoms with Gasteiger partial charge in [0.2, 0.25) is 0 Å². The lowest BCUT2D eigenvalue weighted by molar-refractivity contribution is 0.297. The van der Waals surface area contributed by atoms with Gasteiger partial charge in [0, 0.05) is 6.04 Å². The van der Waals surface area contributed by atoms with Gasteiger partial charge in [-0.25, -0.2) is 0 Å². The molecular weight excluding hydrogens is 198 g/mol. The summed E-state index contributed by atoms with van der Waals surface area (Å²) in [6.07, 6.45) is 2.25. The SMILES string of the molecule is CNC(C)CCCOc1ccc(C)cc1C. The molecule has 0 saturated carbocycles. The van der Waals surface area contributed by atoms with E-state index in [1.165, 1.54) is 11.1 Å². The summed E-state index contributed by atoms with van der Waals surface area (Å²) in [4.78, 5) is 0. The van der Waals surface area contributed by atoms with E-state index in [4.69, 9.17) is 4.74 Å². The van der Waals surface area contributed by atoms with Gasteiger partial charge in [0.25, 0.3) is 0 Å². The van der Waals surface area contributed by atoms with E-state index in [0.717, 1.165) is 25.2 Å². The van der Waals surface area contributed by atoms with Crippen molar-refractivity contribution in [3.05, 3.63) is 29.3 Å². The molecule has 16 heavy (non-hydrogen) atoms. The molecule has 1 atom stereocenters. The Morgan fingerprint density at radius 3 is 2.69 bits per heavy atom. The molecule has 0 fully saturated rings. The highest BCUT2D eigenvalue weighted by molar-refractivity contribution is 5.35. The monoisotopic (exact) mass is 221 g/mol. The van der Waals surface area contributed by atoms with E-state index in [1.54, 1.807) is 0 Å². The Balaban J connectivity index is 2.32. The smallest absolute Gasteiger partial charge is 0.122 e. The maximum atomic E-state index is 5.76. The topological polar surface area (TPSA) is 21.3 Å². The summed E-state index contributed by atoms with van der Waals surface area (Å²) >= 11 is 0. The summed E-state index contributed by atoms with van der Waals surface area (Å²) in [6.45, 7) is 7.19. The molecule has 1 aromatic carbocycles. The molecule has 0 bridgehead atoms. The maximum absolute atomic E-state index is 5.76. The van der Waals surface area contributed by atoms with Gasteiger partial charge in [0.05, 0.1) is 6.61 Å². The minimum atomic E-state index is 0.572. The van der Waals surface area contributed by atoms with Crippen molar-refractivity contribution in [2.24, 2.45) is 0 Å². The Bertz CT molecular complexity index is 323. The maximum Gasteiger partial charge on any atom is 0.122 e. The van der Waals surface area contributed by atoms with Crippen LogP contribution in [0.4, 0.5) is 0 Å². The van der Waals surface area contributed by atoms with Crippen molar-refractivity contribution in [3.8, 4) is 5.75 Å². The Morgan fingerprint density at radius 1 is 1.31 bits per heavy atom. The fourth-order valence-electron chi connectivity index (χ4n) is 1.68. The second-order valence-corrected chi connectivity index (χ2v) is 4.45. The second-order valence-electron chi connectivity index (χ2n) is 4.45. The third kappa shape index (κ3) is 4.23. The lowest BCUT2D eigenvalue weighted by Gasteiger charge is -2.12. The summed E-state index contributed by atoms with van der Waals surface area (Å²) in [6, 6.07) is 6.89. The highest BCUT2D eigenvalue weighted by Crippen LogP contribution is 2.18. The van der Waals surface area contributed by atoms with Gasteiger partial charge in [-0.05, 0) is 52.3 Å². The third-order valence-electron chi connectivity index (χ3n) is 2.86. The molecular formula is C14H23NO. The van der Waals surface area contributed by atoms with E-state index in [0.29, 0.717) is 6.04 Å². The van der Waals surface area contributed by atoms with Crippen LogP contribution in [-0.4, -0.2) is 19.7 Å². The van der Waals surface area contributed by atoms with Crippen molar-refractivity contribution >= 4 is 0 Å². The first kappa shape index (κ1) is 13.0. The van der Waals surface area contributed by atoms with Gasteiger partial charge in [-0.15, -0.1) is 0 Å². The molecule has 2 heteroatoms. The lowest BCUT2D eigenvalue weighted by atomic mass is 10.1. The summed E-state index contributed by atoms with van der Waals surface area (Å²) in [5.41, 5.74) is 2.51. The van der Waals surface area contributed by atoms with Gasteiger partial charge in [-0.2, -0.15) is 0 Å². The molecule has 90 valence electrons. The number of rotatable bonds is 6. The normalized spacial score (nSPS) is 12.5. The number of hydrogen-bond donors (Lipinski definition) is 1. The average molecular weight is 221 g/mol. The molecule has 0 aliphatic heterocycles. The Labute approximate surface area is 99.0 Å². The zero-order valence-electron chi connectivity index (χ0n) is 10.8. The van der Waals surface area contributed by atoms with Gasteiger partial charge < -0.3 is 10.1 Å². The largest absolute Gasteiger partial charge is 0.493 e. The molecule has 2 nitrogen and oxygen atoms in total. The number of benzene rings is 1. The van der Waals surface area contributed by atoms with Crippen LogP contribution in [0.1, 0.15) is 30.9 Å². The Morgan fingerprint density at radius 2 is 2.06 bits per heavy atom. The molecule has 1 unspecified atom stereocenters. The minimum Gasteiger partial charge on any atom is -0.493 e. The number of hydrogen-bond acceptors (Lipinski definition) is 2. The van der Waals surface area contributed by atoms with E-state index in [2.05, 4.69) is 44.3 Å². The quantitative estimate of drug-likeness (QED) is 0.745.